The number of thioether (sulfide) groups is 1. The Hall–Kier alpha value is -1.40. The molecule has 0 spiro atoms. The largest absolute Gasteiger partial charge is 0.296 e. The summed E-state index contributed by atoms with van der Waals surface area (Å²) in [5.41, 5.74) is 0.0742. The second-order valence-electron chi connectivity index (χ2n) is 3.02. The molecule has 1 aromatic rings. The topological polar surface area (TPSA) is 73.1 Å². The number of nitrogens with zero attached hydrogens (tertiary/aromatic N) is 2. The molecule has 0 saturated carbocycles. The van der Waals surface area contributed by atoms with E-state index >= 15 is 0 Å². The minimum absolute atomic E-state index is 0.00628. The van der Waals surface area contributed by atoms with Gasteiger partial charge in [-0.05, 0) is 6.08 Å². The van der Waals surface area contributed by atoms with Crippen LogP contribution >= 0.6 is 23.4 Å². The summed E-state index contributed by atoms with van der Waals surface area (Å²) in [6.45, 7) is 1.46. The first-order valence-corrected chi connectivity index (χ1v) is 5.97. The predicted molar refractivity (Wildman–Crippen MR) is 68.1 cm³/mol. The average Bonchev–Trinajstić information content (AvgIpc) is 2.25. The number of carbonyl (C=O) groups is 1. The SMILES string of the molecule is CC(=O)SCC=Cc1ncc(Cl)cc1[N+](=O)[O-]. The summed E-state index contributed by atoms with van der Waals surface area (Å²) in [4.78, 5) is 24.7. The Balaban J connectivity index is 2.83. The van der Waals surface area contributed by atoms with Gasteiger partial charge in [0.05, 0.1) is 9.95 Å². The molecule has 0 unspecified atom stereocenters. The summed E-state index contributed by atoms with van der Waals surface area (Å²) < 4.78 is 0. The lowest BCUT2D eigenvalue weighted by Gasteiger charge is -1.97. The van der Waals surface area contributed by atoms with E-state index in [1.807, 2.05) is 0 Å². The van der Waals surface area contributed by atoms with Gasteiger partial charge in [0.1, 0.15) is 5.69 Å². The maximum atomic E-state index is 10.7. The molecule has 0 aliphatic carbocycles. The maximum Gasteiger partial charge on any atom is 0.296 e. The number of rotatable bonds is 4. The van der Waals surface area contributed by atoms with E-state index in [-0.39, 0.29) is 21.5 Å². The van der Waals surface area contributed by atoms with Gasteiger partial charge < -0.3 is 0 Å². The number of carbonyl (C=O) groups excluding carboxylic acids is 1. The van der Waals surface area contributed by atoms with Crippen LogP contribution in [0.25, 0.3) is 6.08 Å². The molecule has 0 saturated heterocycles. The van der Waals surface area contributed by atoms with E-state index in [1.165, 1.54) is 25.3 Å². The Morgan fingerprint density at radius 1 is 1.71 bits per heavy atom. The van der Waals surface area contributed by atoms with Gasteiger partial charge in [-0.2, -0.15) is 0 Å². The van der Waals surface area contributed by atoms with Crippen LogP contribution in [0.15, 0.2) is 18.3 Å². The van der Waals surface area contributed by atoms with Gasteiger partial charge in [0.2, 0.25) is 0 Å². The average molecular weight is 273 g/mol. The van der Waals surface area contributed by atoms with Crippen LogP contribution in [0.4, 0.5) is 5.69 Å². The lowest BCUT2D eigenvalue weighted by atomic mass is 10.3. The van der Waals surface area contributed by atoms with Gasteiger partial charge in [-0.25, -0.2) is 4.98 Å². The third kappa shape index (κ3) is 4.54. The first-order chi connectivity index (χ1) is 8.00. The van der Waals surface area contributed by atoms with Gasteiger partial charge in [-0.3, -0.25) is 14.9 Å². The quantitative estimate of drug-likeness (QED) is 0.622. The molecule has 0 aliphatic rings. The second kappa shape index (κ2) is 6.36. The summed E-state index contributed by atoms with van der Waals surface area (Å²) in [5, 5.41) is 10.9. The van der Waals surface area contributed by atoms with Gasteiger partial charge in [-0.1, -0.05) is 29.4 Å². The molecular formula is C10H9ClN2O3S. The first kappa shape index (κ1) is 13.7. The lowest BCUT2D eigenvalue weighted by molar-refractivity contribution is -0.385. The Labute approximate surface area is 107 Å². The third-order valence-corrected chi connectivity index (χ3v) is 2.69. The fourth-order valence-electron chi connectivity index (χ4n) is 1.04. The molecule has 0 amide bonds. The third-order valence-electron chi connectivity index (χ3n) is 1.72. The maximum absolute atomic E-state index is 10.7. The minimum Gasteiger partial charge on any atom is -0.288 e. The molecule has 0 atom stereocenters. The molecule has 0 radical (unpaired) electrons. The number of halogens is 1. The molecular weight excluding hydrogens is 264 g/mol. The monoisotopic (exact) mass is 272 g/mol. The smallest absolute Gasteiger partial charge is 0.288 e. The van der Waals surface area contributed by atoms with Crippen molar-refractivity contribution in [2.75, 3.05) is 5.75 Å². The zero-order valence-corrected chi connectivity index (χ0v) is 10.5. The summed E-state index contributed by atoms with van der Waals surface area (Å²) in [5.74, 6) is 0.455. The lowest BCUT2D eigenvalue weighted by Crippen LogP contribution is -1.94. The van der Waals surface area contributed by atoms with E-state index in [1.54, 1.807) is 6.08 Å². The molecule has 0 N–H and O–H groups in total. The van der Waals surface area contributed by atoms with Crippen molar-refractivity contribution in [1.29, 1.82) is 0 Å². The van der Waals surface area contributed by atoms with Crippen LogP contribution in [-0.4, -0.2) is 20.8 Å². The van der Waals surface area contributed by atoms with Crippen molar-refractivity contribution in [3.63, 3.8) is 0 Å². The van der Waals surface area contributed by atoms with E-state index in [9.17, 15) is 14.9 Å². The summed E-state index contributed by atoms with van der Waals surface area (Å²) in [6.07, 6.45) is 4.49. The number of hydrogen-bond donors (Lipinski definition) is 0. The van der Waals surface area contributed by atoms with Crippen LogP contribution in [0.3, 0.4) is 0 Å². The van der Waals surface area contributed by atoms with Gasteiger partial charge in [-0.15, -0.1) is 0 Å². The van der Waals surface area contributed by atoms with E-state index in [0.717, 1.165) is 11.8 Å². The van der Waals surface area contributed by atoms with Crippen molar-refractivity contribution in [1.82, 2.24) is 4.98 Å². The van der Waals surface area contributed by atoms with Gasteiger partial charge >= 0.3 is 0 Å². The highest BCUT2D eigenvalue weighted by Crippen LogP contribution is 2.21. The zero-order valence-electron chi connectivity index (χ0n) is 8.92. The highest BCUT2D eigenvalue weighted by Gasteiger charge is 2.13. The fourth-order valence-corrected chi connectivity index (χ4v) is 1.62. The van der Waals surface area contributed by atoms with Crippen LogP contribution < -0.4 is 0 Å². The van der Waals surface area contributed by atoms with Crippen LogP contribution in [0.1, 0.15) is 12.6 Å². The molecule has 7 heteroatoms. The molecule has 1 aromatic heterocycles. The Morgan fingerprint density at radius 2 is 2.41 bits per heavy atom. The van der Waals surface area contributed by atoms with E-state index in [2.05, 4.69) is 4.98 Å². The van der Waals surface area contributed by atoms with E-state index in [0.29, 0.717) is 5.75 Å². The van der Waals surface area contributed by atoms with Crippen molar-refractivity contribution >= 4 is 40.2 Å². The summed E-state index contributed by atoms with van der Waals surface area (Å²) in [6, 6.07) is 1.24. The fraction of sp³-hybridized carbons (Fsp3) is 0.200. The standard InChI is InChI=1S/C10H9ClN2O3S/c1-7(14)17-4-2-3-9-10(13(15)16)5-8(11)6-12-9/h2-3,5-6H,4H2,1H3. The van der Waals surface area contributed by atoms with Crippen LogP contribution in [-0.2, 0) is 4.79 Å². The minimum atomic E-state index is -0.545. The molecule has 0 fully saturated rings. The van der Waals surface area contributed by atoms with Crippen LogP contribution in [0.2, 0.25) is 5.02 Å². The van der Waals surface area contributed by atoms with Crippen molar-refractivity contribution < 1.29 is 9.72 Å². The molecule has 1 rings (SSSR count). The highest BCUT2D eigenvalue weighted by molar-refractivity contribution is 8.13. The van der Waals surface area contributed by atoms with Gasteiger partial charge in [0.25, 0.3) is 5.69 Å². The van der Waals surface area contributed by atoms with E-state index < -0.39 is 4.92 Å². The van der Waals surface area contributed by atoms with Crippen molar-refractivity contribution in [3.05, 3.63) is 39.2 Å². The molecule has 0 aromatic carbocycles. The highest BCUT2D eigenvalue weighted by atomic mass is 35.5. The molecule has 5 nitrogen and oxygen atoms in total. The van der Waals surface area contributed by atoms with Gasteiger partial charge in [0.15, 0.2) is 5.12 Å². The van der Waals surface area contributed by atoms with Crippen LogP contribution in [0.5, 0.6) is 0 Å². The number of nitro groups is 1. The Bertz CT molecular complexity index is 477. The summed E-state index contributed by atoms with van der Waals surface area (Å²) >= 11 is 6.74. The molecule has 0 aliphatic heterocycles. The van der Waals surface area contributed by atoms with E-state index in [4.69, 9.17) is 11.6 Å². The Morgan fingerprint density at radius 3 is 3.00 bits per heavy atom. The van der Waals surface area contributed by atoms with Crippen LogP contribution in [0, 0.1) is 10.1 Å². The predicted octanol–water partition coefficient (Wildman–Crippen LogP) is 2.94. The van der Waals surface area contributed by atoms with Gasteiger partial charge in [0, 0.05) is 24.9 Å². The summed E-state index contributed by atoms with van der Waals surface area (Å²) in [7, 11) is 0. The number of hydrogen-bond acceptors (Lipinski definition) is 5. The molecule has 0 bridgehead atoms. The normalized spacial score (nSPS) is 10.7. The number of aromatic nitrogens is 1. The molecule has 17 heavy (non-hydrogen) atoms. The Kier molecular flexibility index (Phi) is 5.11. The second-order valence-corrected chi connectivity index (χ2v) is 4.65. The molecule has 1 heterocycles. The zero-order chi connectivity index (χ0) is 12.8. The first-order valence-electron chi connectivity index (χ1n) is 4.60. The number of pyridine rings is 1. The van der Waals surface area contributed by atoms with Crippen molar-refractivity contribution in [2.45, 2.75) is 6.92 Å². The molecule has 90 valence electrons. The van der Waals surface area contributed by atoms with Crippen molar-refractivity contribution in [2.24, 2.45) is 0 Å². The van der Waals surface area contributed by atoms with Crippen molar-refractivity contribution in [3.8, 4) is 0 Å².